The zero-order valence-corrected chi connectivity index (χ0v) is 14.6. The van der Waals surface area contributed by atoms with E-state index in [2.05, 4.69) is 12.2 Å². The molecule has 6 heteroatoms. The van der Waals surface area contributed by atoms with E-state index in [1.807, 2.05) is 0 Å². The van der Waals surface area contributed by atoms with E-state index in [1.54, 1.807) is 20.9 Å². The topological polar surface area (TPSA) is 66.5 Å². The van der Waals surface area contributed by atoms with Crippen LogP contribution in [0.2, 0.25) is 0 Å². The van der Waals surface area contributed by atoms with Gasteiger partial charge in [0.15, 0.2) is 9.84 Å². The highest BCUT2D eigenvalue weighted by atomic mass is 32.2. The highest BCUT2D eigenvalue weighted by Crippen LogP contribution is 2.26. The van der Waals surface area contributed by atoms with Crippen molar-refractivity contribution in [1.29, 1.82) is 0 Å². The Morgan fingerprint density at radius 2 is 1.90 bits per heavy atom. The minimum absolute atomic E-state index is 0.0231. The van der Waals surface area contributed by atoms with Gasteiger partial charge in [-0.1, -0.05) is 33.1 Å². The molecule has 1 fully saturated rings. The summed E-state index contributed by atoms with van der Waals surface area (Å²) in [6.07, 6.45) is 5.68. The molecule has 1 aliphatic carbocycles. The normalized spacial score (nSPS) is 24.4. The lowest BCUT2D eigenvalue weighted by Gasteiger charge is -2.34. The molecule has 0 saturated heterocycles. The number of nitrogens with zero attached hydrogens (tertiary/aromatic N) is 1. The molecular weight excluding hydrogens is 288 g/mol. The van der Waals surface area contributed by atoms with Gasteiger partial charge in [-0.25, -0.2) is 13.2 Å². The molecule has 0 spiro atoms. The number of rotatable bonds is 6. The molecule has 1 rings (SSSR count). The molecule has 0 aromatic carbocycles. The summed E-state index contributed by atoms with van der Waals surface area (Å²) in [7, 11) is -1.39. The quantitative estimate of drug-likeness (QED) is 0.818. The second kappa shape index (κ2) is 8.01. The van der Waals surface area contributed by atoms with Gasteiger partial charge >= 0.3 is 6.03 Å². The van der Waals surface area contributed by atoms with Crippen LogP contribution < -0.4 is 5.32 Å². The first-order chi connectivity index (χ1) is 9.80. The molecule has 0 radical (unpaired) electrons. The Balaban J connectivity index is 2.57. The van der Waals surface area contributed by atoms with Gasteiger partial charge in [-0.2, -0.15) is 0 Å². The number of carbonyl (C=O) groups excluding carboxylic acids is 1. The summed E-state index contributed by atoms with van der Waals surface area (Å²) in [4.78, 5) is 13.8. The van der Waals surface area contributed by atoms with Crippen LogP contribution in [0.4, 0.5) is 4.79 Å². The van der Waals surface area contributed by atoms with Crippen LogP contribution in [0.1, 0.15) is 52.9 Å². The van der Waals surface area contributed by atoms with Crippen molar-refractivity contribution >= 4 is 15.9 Å². The minimum Gasteiger partial charge on any atom is -0.335 e. The van der Waals surface area contributed by atoms with Crippen LogP contribution in [0, 0.1) is 5.92 Å². The van der Waals surface area contributed by atoms with Crippen LogP contribution in [-0.4, -0.2) is 50.0 Å². The average molecular weight is 318 g/mol. The summed E-state index contributed by atoms with van der Waals surface area (Å²) < 4.78 is 23.3. The summed E-state index contributed by atoms with van der Waals surface area (Å²) in [5, 5.41) is 3.10. The molecular formula is C15H30N2O3S. The molecule has 0 aliphatic heterocycles. The first-order valence-corrected chi connectivity index (χ1v) is 9.86. The predicted molar refractivity (Wildman–Crippen MR) is 86.1 cm³/mol. The molecule has 0 heterocycles. The molecule has 5 nitrogen and oxygen atoms in total. The lowest BCUT2D eigenvalue weighted by Crippen LogP contribution is -2.50. The van der Waals surface area contributed by atoms with Crippen LogP contribution >= 0.6 is 0 Å². The van der Waals surface area contributed by atoms with E-state index in [1.165, 1.54) is 17.7 Å². The van der Waals surface area contributed by atoms with Gasteiger partial charge in [-0.15, -0.1) is 0 Å². The van der Waals surface area contributed by atoms with E-state index in [0.29, 0.717) is 5.92 Å². The highest BCUT2D eigenvalue weighted by Gasteiger charge is 2.28. The van der Waals surface area contributed by atoms with Crippen molar-refractivity contribution < 1.29 is 13.2 Å². The zero-order chi connectivity index (χ0) is 16.0. The number of sulfone groups is 1. The largest absolute Gasteiger partial charge is 0.335 e. The maximum Gasteiger partial charge on any atom is 0.317 e. The molecule has 0 aromatic heterocycles. The van der Waals surface area contributed by atoms with Crippen molar-refractivity contribution in [1.82, 2.24) is 10.2 Å². The van der Waals surface area contributed by atoms with E-state index < -0.39 is 9.84 Å². The molecule has 0 bridgehead atoms. The molecule has 1 saturated carbocycles. The Morgan fingerprint density at radius 1 is 1.29 bits per heavy atom. The summed E-state index contributed by atoms with van der Waals surface area (Å²) in [6.45, 7) is 5.58. The minimum atomic E-state index is -3.07. The first-order valence-electron chi connectivity index (χ1n) is 8.04. The number of hydrogen-bond acceptors (Lipinski definition) is 3. The van der Waals surface area contributed by atoms with Crippen molar-refractivity contribution in [3.8, 4) is 0 Å². The fourth-order valence-electron chi connectivity index (χ4n) is 2.94. The van der Waals surface area contributed by atoms with Gasteiger partial charge in [0.05, 0.1) is 5.75 Å². The molecule has 0 unspecified atom stereocenters. The number of carbonyl (C=O) groups is 1. The summed E-state index contributed by atoms with van der Waals surface area (Å²) in [5.74, 6) is 0.689. The van der Waals surface area contributed by atoms with Gasteiger partial charge in [0, 0.05) is 24.9 Å². The monoisotopic (exact) mass is 318 g/mol. The maximum atomic E-state index is 12.3. The Kier molecular flexibility index (Phi) is 6.97. The molecule has 2 amide bonds. The second-order valence-electron chi connectivity index (χ2n) is 6.17. The van der Waals surface area contributed by atoms with Crippen LogP contribution in [0.5, 0.6) is 0 Å². The van der Waals surface area contributed by atoms with Crippen molar-refractivity contribution in [3.63, 3.8) is 0 Å². The van der Waals surface area contributed by atoms with Crippen molar-refractivity contribution in [3.05, 3.63) is 0 Å². The predicted octanol–water partition coefficient (Wildman–Crippen LogP) is 2.42. The third-order valence-corrected chi connectivity index (χ3v) is 6.53. The maximum absolute atomic E-state index is 12.3. The number of urea groups is 1. The Labute approximate surface area is 129 Å². The fourth-order valence-corrected chi connectivity index (χ4v) is 4.14. The molecule has 124 valence electrons. The Hall–Kier alpha value is -0.780. The summed E-state index contributed by atoms with van der Waals surface area (Å²) >= 11 is 0. The van der Waals surface area contributed by atoms with E-state index in [0.717, 1.165) is 19.3 Å². The van der Waals surface area contributed by atoms with Gasteiger partial charge in [0.2, 0.25) is 0 Å². The summed E-state index contributed by atoms with van der Waals surface area (Å²) in [5.41, 5.74) is 0. The van der Waals surface area contributed by atoms with Gasteiger partial charge in [0.25, 0.3) is 0 Å². The van der Waals surface area contributed by atoms with Crippen LogP contribution in [-0.2, 0) is 9.84 Å². The Bertz CT molecular complexity index is 436. The van der Waals surface area contributed by atoms with Gasteiger partial charge < -0.3 is 10.2 Å². The van der Waals surface area contributed by atoms with Crippen molar-refractivity contribution in [2.24, 2.45) is 5.92 Å². The average Bonchev–Trinajstić information content (AvgIpc) is 2.46. The molecule has 21 heavy (non-hydrogen) atoms. The third-order valence-electron chi connectivity index (χ3n) is 4.66. The summed E-state index contributed by atoms with van der Waals surface area (Å²) in [6, 6.07) is -0.230. The first kappa shape index (κ1) is 18.3. The van der Waals surface area contributed by atoms with E-state index in [-0.39, 0.29) is 29.6 Å². The smallest absolute Gasteiger partial charge is 0.317 e. The van der Waals surface area contributed by atoms with Crippen molar-refractivity contribution in [2.45, 2.75) is 65.0 Å². The molecule has 1 N–H and O–H groups in total. The third kappa shape index (κ3) is 5.49. The number of nitrogens with one attached hydrogen (secondary N) is 1. The SMILES string of the molecule is CC[C@@H]1CCCC[C@@H]1NC(=O)N(C)[C@H](C)CS(=O)(=O)CC. The van der Waals surface area contributed by atoms with E-state index in [9.17, 15) is 13.2 Å². The van der Waals surface area contributed by atoms with Crippen LogP contribution in [0.3, 0.4) is 0 Å². The van der Waals surface area contributed by atoms with Gasteiger partial charge in [-0.05, 0) is 25.7 Å². The Morgan fingerprint density at radius 3 is 2.48 bits per heavy atom. The van der Waals surface area contributed by atoms with Crippen LogP contribution in [0.15, 0.2) is 0 Å². The highest BCUT2D eigenvalue weighted by molar-refractivity contribution is 7.91. The molecule has 3 atom stereocenters. The zero-order valence-electron chi connectivity index (χ0n) is 13.8. The second-order valence-corrected chi connectivity index (χ2v) is 8.57. The lowest BCUT2D eigenvalue weighted by molar-refractivity contribution is 0.179. The molecule has 1 aliphatic rings. The van der Waals surface area contributed by atoms with Crippen LogP contribution in [0.25, 0.3) is 0 Å². The number of hydrogen-bond donors (Lipinski definition) is 1. The lowest BCUT2D eigenvalue weighted by atomic mass is 9.83. The fraction of sp³-hybridized carbons (Fsp3) is 0.933. The van der Waals surface area contributed by atoms with Crippen molar-refractivity contribution in [2.75, 3.05) is 18.6 Å². The number of amides is 2. The van der Waals surface area contributed by atoms with E-state index in [4.69, 9.17) is 0 Å². The van der Waals surface area contributed by atoms with Gasteiger partial charge in [-0.3, -0.25) is 0 Å². The van der Waals surface area contributed by atoms with E-state index >= 15 is 0 Å². The van der Waals surface area contributed by atoms with Gasteiger partial charge in [0.1, 0.15) is 0 Å². The molecule has 0 aromatic rings. The standard InChI is InChI=1S/C15H30N2O3S/c1-5-13-9-7-8-10-14(13)16-15(18)17(4)12(3)11-21(19,20)6-2/h12-14H,5-11H2,1-4H3,(H,16,18)/t12-,13-,14+/m1/s1.